The van der Waals surface area contributed by atoms with Crippen molar-refractivity contribution >= 4 is 5.97 Å². The Kier molecular flexibility index (Phi) is 3.17. The molecular formula is C11H18FNO3. The maximum absolute atomic E-state index is 14.0. The number of halogens is 1. The van der Waals surface area contributed by atoms with Gasteiger partial charge in [0, 0.05) is 19.0 Å². The first-order valence-corrected chi connectivity index (χ1v) is 5.83. The Morgan fingerprint density at radius 3 is 3.12 bits per heavy atom. The molecule has 0 amide bonds. The number of hydrogen-bond acceptors (Lipinski definition) is 4. The number of nitrogens with zero attached hydrogens (tertiary/aromatic N) is 1. The Bertz CT molecular complexity index is 286. The zero-order valence-corrected chi connectivity index (χ0v) is 9.49. The maximum atomic E-state index is 14.0. The molecule has 92 valence electrons. The van der Waals surface area contributed by atoms with Gasteiger partial charge in [-0.1, -0.05) is 0 Å². The molecule has 5 heteroatoms. The van der Waals surface area contributed by atoms with E-state index in [9.17, 15) is 14.3 Å². The number of alkyl halides is 1. The number of aliphatic hydroxyl groups is 1. The SMILES string of the molecule is CCOC(=O)C(F)C1(O)CCN2CCC1C2. The van der Waals surface area contributed by atoms with Crippen molar-refractivity contribution in [2.45, 2.75) is 31.5 Å². The molecule has 0 spiro atoms. The summed E-state index contributed by atoms with van der Waals surface area (Å²) in [5.74, 6) is -1.06. The zero-order valence-electron chi connectivity index (χ0n) is 9.49. The number of carbonyl (C=O) groups is 1. The number of hydrogen-bond donors (Lipinski definition) is 1. The molecule has 0 radical (unpaired) electrons. The number of rotatable bonds is 3. The van der Waals surface area contributed by atoms with Gasteiger partial charge in [-0.2, -0.15) is 0 Å². The highest BCUT2D eigenvalue weighted by atomic mass is 19.1. The first kappa shape index (κ1) is 11.8. The second kappa shape index (κ2) is 4.30. The smallest absolute Gasteiger partial charge is 0.343 e. The van der Waals surface area contributed by atoms with Gasteiger partial charge in [0.05, 0.1) is 6.61 Å². The van der Waals surface area contributed by atoms with Crippen LogP contribution in [0.25, 0.3) is 0 Å². The van der Waals surface area contributed by atoms with Gasteiger partial charge in [0.2, 0.25) is 6.17 Å². The van der Waals surface area contributed by atoms with Gasteiger partial charge < -0.3 is 14.7 Å². The first-order valence-electron chi connectivity index (χ1n) is 5.83. The van der Waals surface area contributed by atoms with Crippen molar-refractivity contribution in [3.8, 4) is 0 Å². The number of esters is 1. The summed E-state index contributed by atoms with van der Waals surface area (Å²) >= 11 is 0. The van der Waals surface area contributed by atoms with Crippen molar-refractivity contribution in [3.05, 3.63) is 0 Å². The van der Waals surface area contributed by atoms with Crippen molar-refractivity contribution in [2.24, 2.45) is 5.92 Å². The minimum absolute atomic E-state index is 0.138. The molecule has 2 heterocycles. The van der Waals surface area contributed by atoms with Gasteiger partial charge in [-0.25, -0.2) is 9.18 Å². The summed E-state index contributed by atoms with van der Waals surface area (Å²) < 4.78 is 18.6. The highest BCUT2D eigenvalue weighted by Crippen LogP contribution is 2.39. The average Bonchev–Trinajstić information content (AvgIpc) is 2.68. The number of carbonyl (C=O) groups excluding carboxylic acids is 1. The van der Waals surface area contributed by atoms with Crippen LogP contribution in [0.4, 0.5) is 4.39 Å². The summed E-state index contributed by atoms with van der Waals surface area (Å²) in [7, 11) is 0. The predicted molar refractivity (Wildman–Crippen MR) is 55.6 cm³/mol. The second-order valence-electron chi connectivity index (χ2n) is 4.64. The molecule has 0 saturated carbocycles. The van der Waals surface area contributed by atoms with Crippen LogP contribution in [0.3, 0.4) is 0 Å². The van der Waals surface area contributed by atoms with Gasteiger partial charge >= 0.3 is 5.97 Å². The Morgan fingerprint density at radius 2 is 2.44 bits per heavy atom. The fraction of sp³-hybridized carbons (Fsp3) is 0.909. The van der Waals surface area contributed by atoms with Crippen molar-refractivity contribution in [1.29, 1.82) is 0 Å². The molecule has 2 rings (SSSR count). The fourth-order valence-corrected chi connectivity index (χ4v) is 2.74. The van der Waals surface area contributed by atoms with E-state index in [0.717, 1.165) is 13.0 Å². The van der Waals surface area contributed by atoms with Crippen LogP contribution in [-0.2, 0) is 9.53 Å². The minimum atomic E-state index is -1.90. The molecule has 2 fully saturated rings. The number of ether oxygens (including phenoxy) is 1. The Hall–Kier alpha value is -0.680. The molecule has 4 nitrogen and oxygen atoms in total. The van der Waals surface area contributed by atoms with Gasteiger partial charge in [-0.3, -0.25) is 0 Å². The summed E-state index contributed by atoms with van der Waals surface area (Å²) in [6.45, 7) is 4.02. The van der Waals surface area contributed by atoms with E-state index in [4.69, 9.17) is 0 Å². The highest BCUT2D eigenvalue weighted by molar-refractivity contribution is 5.76. The van der Waals surface area contributed by atoms with Gasteiger partial charge in [0.1, 0.15) is 5.60 Å². The molecule has 2 saturated heterocycles. The molecule has 4 unspecified atom stereocenters. The Labute approximate surface area is 94.4 Å². The predicted octanol–water partition coefficient (Wildman–Crippen LogP) is 0.344. The van der Waals surface area contributed by atoms with E-state index in [2.05, 4.69) is 9.64 Å². The van der Waals surface area contributed by atoms with E-state index in [1.165, 1.54) is 0 Å². The summed E-state index contributed by atoms with van der Waals surface area (Å²) in [5, 5.41) is 10.3. The summed E-state index contributed by atoms with van der Waals surface area (Å²) in [4.78, 5) is 13.5. The number of fused-ring (bicyclic) bond motifs is 2. The van der Waals surface area contributed by atoms with E-state index < -0.39 is 17.7 Å². The van der Waals surface area contributed by atoms with Crippen LogP contribution >= 0.6 is 0 Å². The molecule has 2 bridgehead atoms. The maximum Gasteiger partial charge on any atom is 0.343 e. The van der Waals surface area contributed by atoms with E-state index >= 15 is 0 Å². The zero-order chi connectivity index (χ0) is 11.8. The van der Waals surface area contributed by atoms with Crippen molar-refractivity contribution < 1.29 is 19.0 Å². The van der Waals surface area contributed by atoms with Crippen LogP contribution in [-0.4, -0.2) is 54.0 Å². The summed E-state index contributed by atoms with van der Waals surface area (Å²) in [6.07, 6.45) is -0.828. The van der Waals surface area contributed by atoms with Crippen LogP contribution in [0.2, 0.25) is 0 Å². The summed E-state index contributed by atoms with van der Waals surface area (Å²) in [5.41, 5.74) is -1.51. The number of piperidine rings is 1. The van der Waals surface area contributed by atoms with Gasteiger partial charge in [-0.05, 0) is 26.3 Å². The molecular weight excluding hydrogens is 213 g/mol. The molecule has 4 atom stereocenters. The molecule has 0 aromatic rings. The van der Waals surface area contributed by atoms with Crippen molar-refractivity contribution in [2.75, 3.05) is 26.2 Å². The van der Waals surface area contributed by atoms with Crippen LogP contribution in [0.1, 0.15) is 19.8 Å². The van der Waals surface area contributed by atoms with Crippen LogP contribution in [0, 0.1) is 5.92 Å². The van der Waals surface area contributed by atoms with E-state index in [-0.39, 0.29) is 12.5 Å². The van der Waals surface area contributed by atoms with E-state index in [0.29, 0.717) is 19.5 Å². The van der Waals surface area contributed by atoms with Gasteiger partial charge in [0.25, 0.3) is 0 Å². The molecule has 2 aliphatic heterocycles. The van der Waals surface area contributed by atoms with Crippen LogP contribution in [0.5, 0.6) is 0 Å². The molecule has 1 N–H and O–H groups in total. The van der Waals surface area contributed by atoms with E-state index in [1.54, 1.807) is 6.92 Å². The Morgan fingerprint density at radius 1 is 1.69 bits per heavy atom. The van der Waals surface area contributed by atoms with Crippen LogP contribution < -0.4 is 0 Å². The van der Waals surface area contributed by atoms with Gasteiger partial charge in [-0.15, -0.1) is 0 Å². The monoisotopic (exact) mass is 231 g/mol. The lowest BCUT2D eigenvalue weighted by atomic mass is 9.78. The van der Waals surface area contributed by atoms with Crippen molar-refractivity contribution in [3.63, 3.8) is 0 Å². The molecule has 0 aromatic carbocycles. The summed E-state index contributed by atoms with van der Waals surface area (Å²) in [6, 6.07) is 0. The van der Waals surface area contributed by atoms with Crippen molar-refractivity contribution in [1.82, 2.24) is 4.90 Å². The van der Waals surface area contributed by atoms with E-state index in [1.807, 2.05) is 0 Å². The first-order chi connectivity index (χ1) is 7.58. The quantitative estimate of drug-likeness (QED) is 0.712. The largest absolute Gasteiger partial charge is 0.464 e. The lowest BCUT2D eigenvalue weighted by Gasteiger charge is -2.39. The van der Waals surface area contributed by atoms with Gasteiger partial charge in [0.15, 0.2) is 0 Å². The third-order valence-electron chi connectivity index (χ3n) is 3.74. The van der Waals surface area contributed by atoms with Crippen LogP contribution in [0.15, 0.2) is 0 Å². The Balaban J connectivity index is 2.08. The standard InChI is InChI=1S/C11H18FNO3/c1-2-16-10(14)9(12)11(15)4-6-13-5-3-8(11)7-13/h8-9,15H,2-7H2,1H3. The topological polar surface area (TPSA) is 49.8 Å². The third-order valence-corrected chi connectivity index (χ3v) is 3.74. The fourth-order valence-electron chi connectivity index (χ4n) is 2.74. The lowest BCUT2D eigenvalue weighted by molar-refractivity contribution is -0.169. The third kappa shape index (κ3) is 1.82. The molecule has 0 aromatic heterocycles. The second-order valence-corrected chi connectivity index (χ2v) is 4.64. The highest BCUT2D eigenvalue weighted by Gasteiger charge is 2.53. The molecule has 2 aliphatic rings. The molecule has 0 aliphatic carbocycles. The average molecular weight is 231 g/mol. The lowest BCUT2D eigenvalue weighted by Crippen LogP contribution is -2.55. The minimum Gasteiger partial charge on any atom is -0.464 e. The molecule has 16 heavy (non-hydrogen) atoms. The normalized spacial score (nSPS) is 39.4.